The van der Waals surface area contributed by atoms with Crippen LogP contribution in [0.1, 0.15) is 18.1 Å². The number of nitrogens with zero attached hydrogens (tertiary/aromatic N) is 1. The van der Waals surface area contributed by atoms with Gasteiger partial charge in [-0.05, 0) is 76.5 Å². The number of anilines is 1. The molecule has 9 heteroatoms. The van der Waals surface area contributed by atoms with Gasteiger partial charge in [0.1, 0.15) is 12.2 Å². The number of halogens is 2. The molecule has 0 aromatic heterocycles. The van der Waals surface area contributed by atoms with E-state index >= 15 is 0 Å². The van der Waals surface area contributed by atoms with Gasteiger partial charge in [0.25, 0.3) is 11.8 Å². The second kappa shape index (κ2) is 10.9. The number of urea groups is 1. The molecule has 0 spiro atoms. The van der Waals surface area contributed by atoms with Crippen LogP contribution < -0.4 is 19.7 Å². The summed E-state index contributed by atoms with van der Waals surface area (Å²) in [6.07, 6.45) is 1.42. The summed E-state index contributed by atoms with van der Waals surface area (Å²) in [5.41, 5.74) is 1.68. The molecular weight excluding hydrogens is 580 g/mol. The minimum absolute atomic E-state index is 0.181. The predicted octanol–water partition coefficient (Wildman–Crippen LogP) is 5.86. The molecule has 178 valence electrons. The molecule has 4 amide bonds. The lowest BCUT2D eigenvalue weighted by molar-refractivity contribution is -0.122. The molecule has 3 aromatic rings. The fraction of sp³-hybridized carbons (Fsp3) is 0.115. The number of imide groups is 2. The monoisotopic (exact) mass is 598 g/mol. The van der Waals surface area contributed by atoms with Crippen LogP contribution in [0.2, 0.25) is 0 Å². The Kier molecular flexibility index (Phi) is 7.67. The molecule has 0 bridgehead atoms. The first kappa shape index (κ1) is 24.7. The number of carbonyl (C=O) groups is 3. The fourth-order valence-corrected chi connectivity index (χ4v) is 4.29. The van der Waals surface area contributed by atoms with Crippen LogP contribution in [-0.2, 0) is 16.2 Å². The number of hydrogen-bond acceptors (Lipinski definition) is 5. The number of rotatable bonds is 7. The normalized spacial score (nSPS) is 14.8. The quantitative estimate of drug-likeness (QED) is 0.272. The highest BCUT2D eigenvalue weighted by atomic mass is 79.9. The molecule has 4 rings (SSSR count). The summed E-state index contributed by atoms with van der Waals surface area (Å²) < 4.78 is 13.2. The Labute approximate surface area is 219 Å². The third-order valence-electron chi connectivity index (χ3n) is 5.06. The molecule has 0 unspecified atom stereocenters. The molecule has 0 aliphatic carbocycles. The van der Waals surface area contributed by atoms with Crippen molar-refractivity contribution in [3.8, 4) is 11.5 Å². The molecule has 1 saturated heterocycles. The van der Waals surface area contributed by atoms with Crippen molar-refractivity contribution in [1.29, 1.82) is 0 Å². The summed E-state index contributed by atoms with van der Waals surface area (Å²) in [4.78, 5) is 39.0. The van der Waals surface area contributed by atoms with Crippen LogP contribution in [0.25, 0.3) is 6.08 Å². The lowest BCUT2D eigenvalue weighted by Crippen LogP contribution is -2.54. The molecule has 1 N–H and O–H groups in total. The number of hydrogen-bond donors (Lipinski definition) is 1. The Balaban J connectivity index is 1.66. The van der Waals surface area contributed by atoms with Crippen molar-refractivity contribution in [3.05, 3.63) is 92.4 Å². The maximum absolute atomic E-state index is 13.2. The molecule has 1 aliphatic heterocycles. The highest BCUT2D eigenvalue weighted by Crippen LogP contribution is 2.38. The van der Waals surface area contributed by atoms with Crippen molar-refractivity contribution >= 4 is 61.5 Å². The summed E-state index contributed by atoms with van der Waals surface area (Å²) in [5.74, 6) is -0.537. The van der Waals surface area contributed by atoms with E-state index in [1.807, 2.05) is 37.3 Å². The zero-order valence-corrected chi connectivity index (χ0v) is 21.8. The highest BCUT2D eigenvalue weighted by molar-refractivity contribution is 9.10. The van der Waals surface area contributed by atoms with Crippen LogP contribution in [0, 0.1) is 0 Å². The van der Waals surface area contributed by atoms with Gasteiger partial charge < -0.3 is 9.47 Å². The molecule has 7 nitrogen and oxygen atoms in total. The van der Waals surface area contributed by atoms with Crippen molar-refractivity contribution in [2.24, 2.45) is 0 Å². The fourth-order valence-electron chi connectivity index (χ4n) is 3.45. The summed E-state index contributed by atoms with van der Waals surface area (Å²) in [6.45, 7) is 2.57. The van der Waals surface area contributed by atoms with Gasteiger partial charge in [-0.25, -0.2) is 9.69 Å². The zero-order chi connectivity index (χ0) is 24.9. The molecule has 3 aromatic carbocycles. The average Bonchev–Trinajstić information content (AvgIpc) is 2.83. The van der Waals surface area contributed by atoms with E-state index in [2.05, 4.69) is 37.2 Å². The Morgan fingerprint density at radius 2 is 1.66 bits per heavy atom. The smallest absolute Gasteiger partial charge is 0.335 e. The Hall–Kier alpha value is -3.43. The van der Waals surface area contributed by atoms with Crippen molar-refractivity contribution in [3.63, 3.8) is 0 Å². The van der Waals surface area contributed by atoms with E-state index in [-0.39, 0.29) is 5.57 Å². The van der Waals surface area contributed by atoms with Gasteiger partial charge in [-0.15, -0.1) is 0 Å². The predicted molar refractivity (Wildman–Crippen MR) is 139 cm³/mol. The second-order valence-corrected chi connectivity index (χ2v) is 9.24. The molecule has 0 atom stereocenters. The minimum Gasteiger partial charge on any atom is -0.490 e. The van der Waals surface area contributed by atoms with E-state index in [0.29, 0.717) is 40.4 Å². The van der Waals surface area contributed by atoms with Crippen molar-refractivity contribution in [1.82, 2.24) is 5.32 Å². The van der Waals surface area contributed by atoms with Crippen LogP contribution in [0.4, 0.5) is 10.5 Å². The van der Waals surface area contributed by atoms with Crippen LogP contribution in [0.15, 0.2) is 81.2 Å². The Bertz CT molecular complexity index is 1310. The van der Waals surface area contributed by atoms with Gasteiger partial charge in [-0.2, -0.15) is 0 Å². The van der Waals surface area contributed by atoms with Crippen molar-refractivity contribution in [2.75, 3.05) is 11.5 Å². The summed E-state index contributed by atoms with van der Waals surface area (Å²) in [5, 5.41) is 2.23. The van der Waals surface area contributed by atoms with Crippen LogP contribution in [0.3, 0.4) is 0 Å². The van der Waals surface area contributed by atoms with E-state index in [1.165, 1.54) is 6.08 Å². The van der Waals surface area contributed by atoms with Gasteiger partial charge in [0.15, 0.2) is 11.5 Å². The summed E-state index contributed by atoms with van der Waals surface area (Å²) in [7, 11) is 0. The number of barbiturate groups is 1. The van der Waals surface area contributed by atoms with E-state index in [4.69, 9.17) is 9.47 Å². The first-order valence-electron chi connectivity index (χ1n) is 10.7. The first-order valence-corrected chi connectivity index (χ1v) is 12.3. The van der Waals surface area contributed by atoms with Crippen LogP contribution in [0.5, 0.6) is 11.5 Å². The van der Waals surface area contributed by atoms with E-state index in [1.54, 1.807) is 36.4 Å². The van der Waals surface area contributed by atoms with Crippen molar-refractivity contribution in [2.45, 2.75) is 13.5 Å². The summed E-state index contributed by atoms with van der Waals surface area (Å²) >= 11 is 6.84. The Morgan fingerprint density at radius 1 is 0.943 bits per heavy atom. The van der Waals surface area contributed by atoms with E-state index in [0.717, 1.165) is 14.9 Å². The largest absolute Gasteiger partial charge is 0.490 e. The van der Waals surface area contributed by atoms with Gasteiger partial charge in [0.05, 0.1) is 16.8 Å². The maximum Gasteiger partial charge on any atom is 0.335 e. The summed E-state index contributed by atoms with van der Waals surface area (Å²) in [6, 6.07) is 18.9. The van der Waals surface area contributed by atoms with Crippen molar-refractivity contribution < 1.29 is 23.9 Å². The Morgan fingerprint density at radius 3 is 2.34 bits per heavy atom. The van der Waals surface area contributed by atoms with Gasteiger partial charge in [0, 0.05) is 4.47 Å². The SMILES string of the molecule is CCOc1cc(C=C2C(=O)NC(=O)N(c3ccc(Br)cc3)C2=O)cc(Br)c1OCc1ccccc1. The molecular formula is C26H20Br2N2O5. The molecule has 0 radical (unpaired) electrons. The number of benzene rings is 3. The highest BCUT2D eigenvalue weighted by Gasteiger charge is 2.36. The van der Waals surface area contributed by atoms with Crippen LogP contribution >= 0.6 is 31.9 Å². The number of carbonyl (C=O) groups excluding carboxylic acids is 3. The lowest BCUT2D eigenvalue weighted by atomic mass is 10.1. The zero-order valence-electron chi connectivity index (χ0n) is 18.6. The van der Waals surface area contributed by atoms with E-state index in [9.17, 15) is 14.4 Å². The molecule has 1 fully saturated rings. The van der Waals surface area contributed by atoms with Gasteiger partial charge in [0.2, 0.25) is 0 Å². The topological polar surface area (TPSA) is 84.9 Å². The molecule has 1 heterocycles. The second-order valence-electron chi connectivity index (χ2n) is 7.47. The number of amides is 4. The molecule has 35 heavy (non-hydrogen) atoms. The van der Waals surface area contributed by atoms with Gasteiger partial charge in [-0.1, -0.05) is 46.3 Å². The third-order valence-corrected chi connectivity index (χ3v) is 6.17. The number of ether oxygens (including phenoxy) is 2. The van der Waals surface area contributed by atoms with Gasteiger partial charge >= 0.3 is 6.03 Å². The van der Waals surface area contributed by atoms with Gasteiger partial charge in [-0.3, -0.25) is 14.9 Å². The average molecular weight is 600 g/mol. The minimum atomic E-state index is -0.805. The van der Waals surface area contributed by atoms with Crippen LogP contribution in [-0.4, -0.2) is 24.5 Å². The lowest BCUT2D eigenvalue weighted by Gasteiger charge is -2.26. The molecule has 1 aliphatic rings. The third kappa shape index (κ3) is 5.63. The first-order chi connectivity index (χ1) is 16.9. The molecule has 0 saturated carbocycles. The maximum atomic E-state index is 13.2. The standard InChI is InChI=1S/C26H20Br2N2O5/c1-2-34-22-14-17(13-21(28)23(22)35-15-16-6-4-3-5-7-16)12-20-24(31)29-26(33)30(25(20)32)19-10-8-18(27)9-11-19/h3-14H,2,15H2,1H3,(H,29,31,33). The number of nitrogens with one attached hydrogen (secondary N) is 1. The van der Waals surface area contributed by atoms with E-state index < -0.39 is 17.8 Å².